The number of aliphatic hydroxyl groups excluding tert-OH is 1. The summed E-state index contributed by atoms with van der Waals surface area (Å²) in [4.78, 5) is 9.52. The van der Waals surface area contributed by atoms with E-state index in [4.69, 9.17) is 5.11 Å². The monoisotopic (exact) mass is 121 g/mol. The molecule has 0 bridgehead atoms. The van der Waals surface area contributed by atoms with Gasteiger partial charge in [0.05, 0.1) is 5.97 Å². The molecule has 0 aromatic rings. The first-order chi connectivity index (χ1) is 3.18. The summed E-state index contributed by atoms with van der Waals surface area (Å²) in [7, 11) is 0. The number of thiol groups is 1. The smallest absolute Gasteiger partial charge is 0.102 e. The van der Waals surface area contributed by atoms with Crippen LogP contribution < -0.4 is 5.11 Å². The van der Waals surface area contributed by atoms with Crippen molar-refractivity contribution in [1.82, 2.24) is 0 Å². The second-order valence-electron chi connectivity index (χ2n) is 1.02. The van der Waals surface area contributed by atoms with Crippen molar-refractivity contribution >= 4 is 18.6 Å². The molecule has 0 saturated heterocycles. The molecule has 1 unspecified atom stereocenters. The van der Waals surface area contributed by atoms with E-state index >= 15 is 0 Å². The molecule has 0 aromatic carbocycles. The number of carboxylic acids is 1. The Kier molecular flexibility index (Phi) is 2.78. The van der Waals surface area contributed by atoms with E-state index in [-0.39, 0.29) is 5.75 Å². The maximum Gasteiger partial charge on any atom is 0.102 e. The summed E-state index contributed by atoms with van der Waals surface area (Å²) < 4.78 is 0. The molecule has 0 spiro atoms. The van der Waals surface area contributed by atoms with Gasteiger partial charge in [0.25, 0.3) is 0 Å². The van der Waals surface area contributed by atoms with Crippen LogP contribution in [0.4, 0.5) is 0 Å². The van der Waals surface area contributed by atoms with Crippen LogP contribution >= 0.6 is 12.6 Å². The number of aliphatic hydroxyl groups is 1. The molecule has 0 radical (unpaired) electrons. The average molecular weight is 121 g/mol. The first kappa shape index (κ1) is 6.78. The lowest BCUT2D eigenvalue weighted by Crippen LogP contribution is -2.36. The minimum absolute atomic E-state index is 0.0949. The van der Waals surface area contributed by atoms with Crippen molar-refractivity contribution in [3.63, 3.8) is 0 Å². The van der Waals surface area contributed by atoms with Crippen molar-refractivity contribution in [1.29, 1.82) is 0 Å². The van der Waals surface area contributed by atoms with Gasteiger partial charge in [-0.2, -0.15) is 12.6 Å². The Bertz CT molecular complexity index is 72.6. The molecule has 0 amide bonds. The Balaban J connectivity index is 3.34. The van der Waals surface area contributed by atoms with Crippen molar-refractivity contribution in [2.45, 2.75) is 6.10 Å². The molecule has 0 aliphatic carbocycles. The van der Waals surface area contributed by atoms with E-state index in [1.807, 2.05) is 0 Å². The summed E-state index contributed by atoms with van der Waals surface area (Å²) in [6.45, 7) is 0. The van der Waals surface area contributed by atoms with Crippen LogP contribution in [0, 0.1) is 0 Å². The van der Waals surface area contributed by atoms with Gasteiger partial charge in [-0.05, 0) is 0 Å². The number of carbonyl (C=O) groups excluding carboxylic acids is 1. The molecule has 7 heavy (non-hydrogen) atoms. The molecular weight excluding hydrogens is 116 g/mol. The van der Waals surface area contributed by atoms with Crippen LogP contribution in [0.25, 0.3) is 0 Å². The first-order valence-electron chi connectivity index (χ1n) is 1.68. The molecule has 0 aromatic heterocycles. The van der Waals surface area contributed by atoms with Gasteiger partial charge < -0.3 is 15.0 Å². The zero-order valence-corrected chi connectivity index (χ0v) is 4.39. The normalized spacial score (nSPS) is 13.4. The zero-order chi connectivity index (χ0) is 5.86. The number of carboxylic acid groups (broad SMARTS) is 1. The number of aliphatic carboxylic acids is 1. The van der Waals surface area contributed by atoms with E-state index < -0.39 is 12.1 Å². The van der Waals surface area contributed by atoms with Gasteiger partial charge in [-0.15, -0.1) is 0 Å². The average Bonchev–Trinajstić information content (AvgIpc) is 1.65. The zero-order valence-electron chi connectivity index (χ0n) is 3.50. The highest BCUT2D eigenvalue weighted by atomic mass is 32.1. The van der Waals surface area contributed by atoms with Crippen molar-refractivity contribution in [3.05, 3.63) is 0 Å². The molecule has 0 heterocycles. The summed E-state index contributed by atoms with van der Waals surface area (Å²) in [6, 6.07) is 0. The molecule has 1 atom stereocenters. The SMILES string of the molecule is O=C([O-])C(O)CS. The fraction of sp³-hybridized carbons (Fsp3) is 0.667. The lowest BCUT2D eigenvalue weighted by atomic mass is 10.4. The Morgan fingerprint density at radius 1 is 2.00 bits per heavy atom. The Hall–Kier alpha value is -0.220. The summed E-state index contributed by atoms with van der Waals surface area (Å²) in [5.74, 6) is -1.57. The van der Waals surface area contributed by atoms with Crippen LogP contribution in [0.3, 0.4) is 0 Å². The highest BCUT2D eigenvalue weighted by molar-refractivity contribution is 7.80. The third kappa shape index (κ3) is 2.47. The Labute approximate surface area is 46.4 Å². The van der Waals surface area contributed by atoms with Crippen LogP contribution in [-0.4, -0.2) is 22.9 Å². The molecule has 1 N–H and O–H groups in total. The van der Waals surface area contributed by atoms with E-state index in [1.54, 1.807) is 0 Å². The number of hydrogen-bond donors (Lipinski definition) is 2. The fourth-order valence-corrected chi connectivity index (χ4v) is 0.224. The number of rotatable bonds is 2. The van der Waals surface area contributed by atoms with Gasteiger partial charge in [-0.25, -0.2) is 0 Å². The van der Waals surface area contributed by atoms with Crippen LogP contribution in [0.5, 0.6) is 0 Å². The maximum atomic E-state index is 9.52. The lowest BCUT2D eigenvalue weighted by Gasteiger charge is -2.05. The minimum atomic E-state index is -1.48. The van der Waals surface area contributed by atoms with Crippen molar-refractivity contribution in [2.24, 2.45) is 0 Å². The molecule has 42 valence electrons. The molecule has 0 aliphatic heterocycles. The number of hydrogen-bond acceptors (Lipinski definition) is 4. The summed E-state index contributed by atoms with van der Waals surface area (Å²) >= 11 is 3.48. The largest absolute Gasteiger partial charge is 0.547 e. The first-order valence-corrected chi connectivity index (χ1v) is 2.31. The summed E-state index contributed by atoms with van der Waals surface area (Å²) in [6.07, 6.45) is -1.43. The Morgan fingerprint density at radius 2 is 2.43 bits per heavy atom. The van der Waals surface area contributed by atoms with Gasteiger partial charge >= 0.3 is 0 Å². The van der Waals surface area contributed by atoms with E-state index in [0.29, 0.717) is 0 Å². The van der Waals surface area contributed by atoms with Crippen LogP contribution in [0.1, 0.15) is 0 Å². The molecule has 0 fully saturated rings. The summed E-state index contributed by atoms with van der Waals surface area (Å²) in [5.41, 5.74) is 0. The predicted octanol–water partition coefficient (Wildman–Crippen LogP) is -1.97. The summed E-state index contributed by atoms with van der Waals surface area (Å²) in [5, 5.41) is 17.7. The van der Waals surface area contributed by atoms with E-state index in [0.717, 1.165) is 0 Å². The standard InChI is InChI=1S/C3H6O3S/c4-2(1-7)3(5)6/h2,4,7H,1H2,(H,5,6)/p-1. The van der Waals surface area contributed by atoms with Gasteiger partial charge in [-0.1, -0.05) is 0 Å². The van der Waals surface area contributed by atoms with E-state index in [2.05, 4.69) is 12.6 Å². The second kappa shape index (κ2) is 2.87. The quantitative estimate of drug-likeness (QED) is 0.416. The van der Waals surface area contributed by atoms with Crippen LogP contribution in [0.2, 0.25) is 0 Å². The highest BCUT2D eigenvalue weighted by Gasteiger charge is 1.97. The van der Waals surface area contributed by atoms with Crippen molar-refractivity contribution in [3.8, 4) is 0 Å². The lowest BCUT2D eigenvalue weighted by molar-refractivity contribution is -0.313. The highest BCUT2D eigenvalue weighted by Crippen LogP contribution is 1.81. The van der Waals surface area contributed by atoms with E-state index in [1.165, 1.54) is 0 Å². The third-order valence-electron chi connectivity index (χ3n) is 0.445. The van der Waals surface area contributed by atoms with Crippen LogP contribution in [0.15, 0.2) is 0 Å². The second-order valence-corrected chi connectivity index (χ2v) is 1.38. The van der Waals surface area contributed by atoms with Gasteiger partial charge in [0.2, 0.25) is 0 Å². The molecule has 3 nitrogen and oxygen atoms in total. The van der Waals surface area contributed by atoms with Gasteiger partial charge in [0, 0.05) is 5.75 Å². The van der Waals surface area contributed by atoms with Crippen molar-refractivity contribution in [2.75, 3.05) is 5.75 Å². The topological polar surface area (TPSA) is 60.4 Å². The van der Waals surface area contributed by atoms with Gasteiger partial charge in [-0.3, -0.25) is 0 Å². The third-order valence-corrected chi connectivity index (χ3v) is 0.791. The van der Waals surface area contributed by atoms with Crippen LogP contribution in [-0.2, 0) is 4.79 Å². The van der Waals surface area contributed by atoms with Crippen molar-refractivity contribution < 1.29 is 15.0 Å². The fourth-order valence-electron chi connectivity index (χ4n) is 0.0745. The molecular formula is C3H5O3S-. The van der Waals surface area contributed by atoms with Gasteiger partial charge in [0.15, 0.2) is 0 Å². The molecule has 4 heteroatoms. The number of carbonyl (C=O) groups is 1. The molecule has 0 rings (SSSR count). The Morgan fingerprint density at radius 3 is 2.43 bits per heavy atom. The molecule has 0 saturated carbocycles. The van der Waals surface area contributed by atoms with Gasteiger partial charge in [0.1, 0.15) is 6.10 Å². The minimum Gasteiger partial charge on any atom is -0.547 e. The maximum absolute atomic E-state index is 9.52. The van der Waals surface area contributed by atoms with E-state index in [9.17, 15) is 9.90 Å². The molecule has 0 aliphatic rings. The predicted molar refractivity (Wildman–Crippen MR) is 24.9 cm³/mol.